The van der Waals surface area contributed by atoms with Crippen LogP contribution in [0.15, 0.2) is 48.5 Å². The number of nitrogens with two attached hydrogens (primary N) is 1. The lowest BCUT2D eigenvalue weighted by molar-refractivity contribution is -0.143. The van der Waals surface area contributed by atoms with Gasteiger partial charge in [0.25, 0.3) is 0 Å². The third-order valence-electron chi connectivity index (χ3n) is 3.77. The zero-order valence-corrected chi connectivity index (χ0v) is 13.0. The van der Waals surface area contributed by atoms with Crippen LogP contribution in [0.3, 0.4) is 0 Å². The fourth-order valence-corrected chi connectivity index (χ4v) is 2.38. The van der Waals surface area contributed by atoms with Crippen molar-refractivity contribution in [1.82, 2.24) is 0 Å². The Hall–Kier alpha value is -2.39. The second-order valence-electron chi connectivity index (χ2n) is 5.55. The number of aliphatic hydroxyl groups is 1. The first-order valence-electron chi connectivity index (χ1n) is 7.22. The molecule has 2 aromatic carbocycles. The van der Waals surface area contributed by atoms with Gasteiger partial charge in [-0.15, -0.1) is 0 Å². The third kappa shape index (κ3) is 3.88. The van der Waals surface area contributed by atoms with Crippen LogP contribution < -0.4 is 5.73 Å². The molecule has 2 aromatic rings. The van der Waals surface area contributed by atoms with E-state index in [9.17, 15) is 36.2 Å². The normalized spacial score (nSPS) is 14.8. The summed E-state index contributed by atoms with van der Waals surface area (Å²) in [5.74, 6) is -1.36. The molecule has 1 unspecified atom stereocenters. The van der Waals surface area contributed by atoms with E-state index in [1.807, 2.05) is 0 Å². The molecule has 3 nitrogen and oxygen atoms in total. The van der Waals surface area contributed by atoms with E-state index < -0.39 is 47.0 Å². The highest BCUT2D eigenvalue weighted by atomic mass is 19.4. The number of ketones is 1. The highest BCUT2D eigenvalue weighted by Gasteiger charge is 2.41. The van der Waals surface area contributed by atoms with Gasteiger partial charge in [-0.2, -0.15) is 26.3 Å². The molecule has 0 saturated heterocycles. The molecule has 0 aliphatic rings. The smallest absolute Gasteiger partial charge is 0.376 e. The molecule has 0 bridgehead atoms. The zero-order chi connectivity index (χ0) is 19.8. The van der Waals surface area contributed by atoms with E-state index in [0.29, 0.717) is 0 Å². The summed E-state index contributed by atoms with van der Waals surface area (Å²) in [6.45, 7) is -0.729. The number of benzene rings is 2. The van der Waals surface area contributed by atoms with Gasteiger partial charge in [-0.25, -0.2) is 0 Å². The van der Waals surface area contributed by atoms with Crippen LogP contribution in [0.2, 0.25) is 0 Å². The topological polar surface area (TPSA) is 63.3 Å². The molecule has 140 valence electrons. The van der Waals surface area contributed by atoms with E-state index in [4.69, 9.17) is 5.73 Å². The van der Waals surface area contributed by atoms with Gasteiger partial charge in [0.2, 0.25) is 0 Å². The predicted octanol–water partition coefficient (Wildman–Crippen LogP) is 3.75. The molecule has 3 N–H and O–H groups in total. The molecule has 0 amide bonds. The van der Waals surface area contributed by atoms with Gasteiger partial charge in [0.15, 0.2) is 11.4 Å². The number of rotatable bonds is 4. The van der Waals surface area contributed by atoms with E-state index >= 15 is 0 Å². The van der Waals surface area contributed by atoms with E-state index in [-0.39, 0.29) is 23.8 Å². The quantitative estimate of drug-likeness (QED) is 0.630. The second kappa shape index (κ2) is 6.73. The fraction of sp³-hybridized carbons (Fsp3) is 0.235. The molecule has 0 spiro atoms. The van der Waals surface area contributed by atoms with Crippen LogP contribution in [0, 0.1) is 0 Å². The maximum Gasteiger partial charge on any atom is 0.416 e. The van der Waals surface area contributed by atoms with Crippen LogP contribution in [0.25, 0.3) is 0 Å². The van der Waals surface area contributed by atoms with Crippen molar-refractivity contribution in [3.63, 3.8) is 0 Å². The molecule has 0 saturated carbocycles. The summed E-state index contributed by atoms with van der Waals surface area (Å²) in [5.41, 5.74) is -1.34. The van der Waals surface area contributed by atoms with Crippen molar-refractivity contribution in [2.75, 3.05) is 6.54 Å². The summed E-state index contributed by atoms with van der Waals surface area (Å²) < 4.78 is 77.6. The van der Waals surface area contributed by atoms with E-state index in [2.05, 4.69) is 0 Å². The molecule has 1 atom stereocenters. The average molecular weight is 377 g/mol. The Bertz CT molecular complexity index is 769. The Morgan fingerprint density at radius 2 is 1.31 bits per heavy atom. The minimum Gasteiger partial charge on any atom is -0.376 e. The first-order valence-corrected chi connectivity index (χ1v) is 7.22. The first-order chi connectivity index (χ1) is 11.9. The summed E-state index contributed by atoms with van der Waals surface area (Å²) in [6, 6.07) is 7.46. The van der Waals surface area contributed by atoms with Crippen LogP contribution in [0.1, 0.15) is 27.0 Å². The predicted molar refractivity (Wildman–Crippen MR) is 80.2 cm³/mol. The van der Waals surface area contributed by atoms with Gasteiger partial charge in [-0.1, -0.05) is 30.3 Å². The van der Waals surface area contributed by atoms with Gasteiger partial charge < -0.3 is 10.8 Å². The van der Waals surface area contributed by atoms with Crippen molar-refractivity contribution < 1.29 is 36.2 Å². The van der Waals surface area contributed by atoms with Crippen LogP contribution >= 0.6 is 0 Å². The number of Topliss-reactive ketones (excluding diaryl/α,β-unsaturated/α-hetero) is 1. The molecular formula is C17H13F6NO2. The van der Waals surface area contributed by atoms with E-state index in [1.165, 1.54) is 24.3 Å². The molecule has 0 fully saturated rings. The molecule has 0 aromatic heterocycles. The Morgan fingerprint density at radius 3 is 1.69 bits per heavy atom. The maximum absolute atomic E-state index is 12.9. The average Bonchev–Trinajstić information content (AvgIpc) is 2.59. The summed E-state index contributed by atoms with van der Waals surface area (Å²) in [4.78, 5) is 12.6. The SMILES string of the molecule is NCC(O)(C(=O)c1cc(C(F)(F)F)cc(C(F)(F)F)c1)c1ccccc1. The summed E-state index contributed by atoms with van der Waals surface area (Å²) in [6.07, 6.45) is -10.2. The number of hydrogen-bond acceptors (Lipinski definition) is 3. The summed E-state index contributed by atoms with van der Waals surface area (Å²) >= 11 is 0. The highest BCUT2D eigenvalue weighted by molar-refractivity contribution is 6.03. The Kier molecular flexibility index (Phi) is 5.16. The lowest BCUT2D eigenvalue weighted by Gasteiger charge is -2.26. The van der Waals surface area contributed by atoms with Gasteiger partial charge in [-0.3, -0.25) is 4.79 Å². The van der Waals surface area contributed by atoms with Crippen molar-refractivity contribution in [3.05, 3.63) is 70.8 Å². The summed E-state index contributed by atoms with van der Waals surface area (Å²) in [5, 5.41) is 10.6. The first kappa shape index (κ1) is 19.9. The molecule has 0 heterocycles. The second-order valence-corrected chi connectivity index (χ2v) is 5.55. The Morgan fingerprint density at radius 1 is 0.846 bits per heavy atom. The number of carbonyl (C=O) groups is 1. The number of hydrogen-bond donors (Lipinski definition) is 2. The van der Waals surface area contributed by atoms with Crippen molar-refractivity contribution in [2.24, 2.45) is 5.73 Å². The van der Waals surface area contributed by atoms with Crippen molar-refractivity contribution >= 4 is 5.78 Å². The fourth-order valence-electron chi connectivity index (χ4n) is 2.38. The van der Waals surface area contributed by atoms with Gasteiger partial charge in [0.05, 0.1) is 11.1 Å². The lowest BCUT2D eigenvalue weighted by Crippen LogP contribution is -2.43. The minimum atomic E-state index is -5.11. The van der Waals surface area contributed by atoms with Gasteiger partial charge in [0.1, 0.15) is 0 Å². The molecule has 26 heavy (non-hydrogen) atoms. The maximum atomic E-state index is 12.9. The van der Waals surface area contributed by atoms with Crippen LogP contribution in [-0.2, 0) is 18.0 Å². The van der Waals surface area contributed by atoms with Crippen LogP contribution in [-0.4, -0.2) is 17.4 Å². The molecule has 2 rings (SSSR count). The largest absolute Gasteiger partial charge is 0.416 e. The molecule has 9 heteroatoms. The zero-order valence-electron chi connectivity index (χ0n) is 13.0. The highest BCUT2D eigenvalue weighted by Crippen LogP contribution is 2.37. The lowest BCUT2D eigenvalue weighted by atomic mass is 9.85. The Labute approximate surface area is 144 Å². The van der Waals surface area contributed by atoms with Crippen molar-refractivity contribution in [2.45, 2.75) is 18.0 Å². The third-order valence-corrected chi connectivity index (χ3v) is 3.77. The van der Waals surface area contributed by atoms with Crippen molar-refractivity contribution in [1.29, 1.82) is 0 Å². The van der Waals surface area contributed by atoms with Gasteiger partial charge >= 0.3 is 12.4 Å². The molecule has 0 radical (unpaired) electrons. The van der Waals surface area contributed by atoms with Crippen LogP contribution in [0.4, 0.5) is 26.3 Å². The van der Waals surface area contributed by atoms with Crippen LogP contribution in [0.5, 0.6) is 0 Å². The standard InChI is InChI=1S/C17H13F6NO2/c18-16(19,20)12-6-10(7-13(8-12)17(21,22)23)14(25)15(26,9-24)11-4-2-1-3-5-11/h1-8,26H,9,24H2. The van der Waals surface area contributed by atoms with E-state index in [1.54, 1.807) is 6.07 Å². The monoisotopic (exact) mass is 377 g/mol. The molecular weight excluding hydrogens is 364 g/mol. The van der Waals surface area contributed by atoms with Gasteiger partial charge in [0, 0.05) is 12.1 Å². The minimum absolute atomic E-state index is 0.0431. The number of halogens is 6. The molecule has 0 aliphatic carbocycles. The Balaban J connectivity index is 2.64. The summed E-state index contributed by atoms with van der Waals surface area (Å²) in [7, 11) is 0. The van der Waals surface area contributed by atoms with Crippen molar-refractivity contribution in [3.8, 4) is 0 Å². The number of carbonyl (C=O) groups excluding carboxylic acids is 1. The molecule has 0 aliphatic heterocycles. The van der Waals surface area contributed by atoms with Gasteiger partial charge in [-0.05, 0) is 23.8 Å². The van der Waals surface area contributed by atoms with E-state index in [0.717, 1.165) is 0 Å². The number of alkyl halides is 6.